The molecule has 1 aromatic carbocycles. The van der Waals surface area contributed by atoms with Crippen LogP contribution < -0.4 is 10.6 Å². The van der Waals surface area contributed by atoms with Gasteiger partial charge in [-0.1, -0.05) is 25.7 Å². The van der Waals surface area contributed by atoms with Crippen LogP contribution in [0.25, 0.3) is 0 Å². The SMILES string of the molecule is O=C(NC1CCCCCC1)c1ccc(NC[C@H]2CCCO2)c([N+](=O)[O-])c1. The third-order valence-electron chi connectivity index (χ3n) is 5.19. The first-order chi connectivity index (χ1) is 12.6. The van der Waals surface area contributed by atoms with E-state index in [1.54, 1.807) is 12.1 Å². The molecule has 2 aliphatic rings. The largest absolute Gasteiger partial charge is 0.377 e. The molecule has 1 amide bonds. The number of nitro benzene ring substituents is 1. The van der Waals surface area contributed by atoms with Crippen LogP contribution in [0, 0.1) is 10.1 Å². The highest BCUT2D eigenvalue weighted by Gasteiger charge is 2.22. The minimum atomic E-state index is -0.444. The van der Waals surface area contributed by atoms with Gasteiger partial charge in [-0.3, -0.25) is 14.9 Å². The molecular formula is C19H27N3O4. The van der Waals surface area contributed by atoms with E-state index in [2.05, 4.69) is 10.6 Å². The first kappa shape index (κ1) is 18.6. The Hall–Kier alpha value is -2.15. The van der Waals surface area contributed by atoms with Crippen molar-refractivity contribution in [2.24, 2.45) is 0 Å². The Kier molecular flexibility index (Phi) is 6.44. The lowest BCUT2D eigenvalue weighted by molar-refractivity contribution is -0.384. The maximum absolute atomic E-state index is 12.5. The van der Waals surface area contributed by atoms with E-state index < -0.39 is 4.92 Å². The number of carbonyl (C=O) groups excluding carboxylic acids is 1. The predicted octanol–water partition coefficient (Wildman–Crippen LogP) is 3.64. The molecule has 142 valence electrons. The van der Waals surface area contributed by atoms with Gasteiger partial charge in [0.25, 0.3) is 11.6 Å². The van der Waals surface area contributed by atoms with E-state index in [1.807, 2.05) is 0 Å². The van der Waals surface area contributed by atoms with E-state index in [1.165, 1.54) is 18.9 Å². The third kappa shape index (κ3) is 4.94. The number of anilines is 1. The quantitative estimate of drug-likeness (QED) is 0.458. The molecule has 2 N–H and O–H groups in total. The van der Waals surface area contributed by atoms with Crippen molar-refractivity contribution in [1.82, 2.24) is 5.32 Å². The zero-order valence-corrected chi connectivity index (χ0v) is 15.0. The molecule has 1 heterocycles. The average Bonchev–Trinajstić information content (AvgIpc) is 3.03. The Morgan fingerprint density at radius 2 is 1.92 bits per heavy atom. The van der Waals surface area contributed by atoms with E-state index in [4.69, 9.17) is 4.74 Å². The van der Waals surface area contributed by atoms with Crippen LogP contribution in [0.15, 0.2) is 18.2 Å². The molecule has 1 aliphatic heterocycles. The minimum Gasteiger partial charge on any atom is -0.377 e. The van der Waals surface area contributed by atoms with Gasteiger partial charge in [-0.15, -0.1) is 0 Å². The molecule has 0 radical (unpaired) electrons. The monoisotopic (exact) mass is 361 g/mol. The van der Waals surface area contributed by atoms with E-state index in [0.29, 0.717) is 17.8 Å². The lowest BCUT2D eigenvalue weighted by atomic mass is 10.1. The third-order valence-corrected chi connectivity index (χ3v) is 5.19. The van der Waals surface area contributed by atoms with Crippen molar-refractivity contribution >= 4 is 17.3 Å². The number of carbonyl (C=O) groups is 1. The summed E-state index contributed by atoms with van der Waals surface area (Å²) < 4.78 is 5.54. The molecule has 3 rings (SSSR count). The van der Waals surface area contributed by atoms with Crippen LogP contribution >= 0.6 is 0 Å². The van der Waals surface area contributed by atoms with Gasteiger partial charge >= 0.3 is 0 Å². The Labute approximate surface area is 153 Å². The number of hydrogen-bond donors (Lipinski definition) is 2. The van der Waals surface area contributed by atoms with Gasteiger partial charge in [0.15, 0.2) is 0 Å². The summed E-state index contributed by atoms with van der Waals surface area (Å²) in [5.41, 5.74) is 0.691. The van der Waals surface area contributed by atoms with Crippen LogP contribution in [-0.2, 0) is 4.74 Å². The number of rotatable bonds is 6. The molecule has 26 heavy (non-hydrogen) atoms. The van der Waals surface area contributed by atoms with Crippen molar-refractivity contribution in [3.05, 3.63) is 33.9 Å². The van der Waals surface area contributed by atoms with Gasteiger partial charge in [-0.05, 0) is 37.8 Å². The van der Waals surface area contributed by atoms with Crippen molar-refractivity contribution < 1.29 is 14.5 Å². The molecule has 7 nitrogen and oxygen atoms in total. The molecule has 1 saturated heterocycles. The summed E-state index contributed by atoms with van der Waals surface area (Å²) in [5, 5.41) is 17.6. The summed E-state index contributed by atoms with van der Waals surface area (Å²) in [6.07, 6.45) is 8.70. The summed E-state index contributed by atoms with van der Waals surface area (Å²) >= 11 is 0. The summed E-state index contributed by atoms with van der Waals surface area (Å²) in [4.78, 5) is 23.5. The van der Waals surface area contributed by atoms with Gasteiger partial charge in [-0.25, -0.2) is 0 Å². The Morgan fingerprint density at radius 3 is 2.58 bits per heavy atom. The normalized spacial score (nSPS) is 21.2. The molecule has 0 unspecified atom stereocenters. The Bertz CT molecular complexity index is 636. The fourth-order valence-electron chi connectivity index (χ4n) is 3.69. The van der Waals surface area contributed by atoms with Gasteiger partial charge in [0.2, 0.25) is 0 Å². The van der Waals surface area contributed by atoms with E-state index >= 15 is 0 Å². The van der Waals surface area contributed by atoms with Crippen molar-refractivity contribution in [1.29, 1.82) is 0 Å². The second kappa shape index (κ2) is 8.98. The number of nitro groups is 1. The Balaban J connectivity index is 1.66. The number of ether oxygens (including phenoxy) is 1. The van der Waals surface area contributed by atoms with Crippen molar-refractivity contribution in [2.45, 2.75) is 63.5 Å². The summed E-state index contributed by atoms with van der Waals surface area (Å²) in [6, 6.07) is 4.80. The van der Waals surface area contributed by atoms with E-state index in [9.17, 15) is 14.9 Å². The van der Waals surface area contributed by atoms with Crippen molar-refractivity contribution in [2.75, 3.05) is 18.5 Å². The maximum atomic E-state index is 12.5. The molecule has 1 aromatic rings. The molecule has 1 aliphatic carbocycles. The topological polar surface area (TPSA) is 93.5 Å². The fourth-order valence-corrected chi connectivity index (χ4v) is 3.69. The fraction of sp³-hybridized carbons (Fsp3) is 0.632. The van der Waals surface area contributed by atoms with Crippen molar-refractivity contribution in [3.63, 3.8) is 0 Å². The molecular weight excluding hydrogens is 334 g/mol. The lowest BCUT2D eigenvalue weighted by Gasteiger charge is -2.17. The molecule has 0 spiro atoms. The highest BCUT2D eigenvalue weighted by Crippen LogP contribution is 2.27. The molecule has 1 saturated carbocycles. The van der Waals surface area contributed by atoms with E-state index in [-0.39, 0.29) is 23.7 Å². The smallest absolute Gasteiger partial charge is 0.293 e. The molecule has 0 bridgehead atoms. The standard InChI is InChI=1S/C19H27N3O4/c23-19(21-15-6-3-1-2-4-7-15)14-9-10-17(18(12-14)22(24)25)20-13-16-8-5-11-26-16/h9-10,12,15-16,20H,1-8,11,13H2,(H,21,23)/t16-/m1/s1. The van der Waals surface area contributed by atoms with Gasteiger partial charge in [-0.2, -0.15) is 0 Å². The number of nitrogens with one attached hydrogen (secondary N) is 2. The first-order valence-electron chi connectivity index (χ1n) is 9.58. The predicted molar refractivity (Wildman–Crippen MR) is 99.5 cm³/mol. The van der Waals surface area contributed by atoms with Crippen LogP contribution in [0.4, 0.5) is 11.4 Å². The zero-order valence-electron chi connectivity index (χ0n) is 15.0. The van der Waals surface area contributed by atoms with Gasteiger partial charge < -0.3 is 15.4 Å². The zero-order chi connectivity index (χ0) is 18.4. The summed E-state index contributed by atoms with van der Waals surface area (Å²) in [6.45, 7) is 1.28. The number of amides is 1. The maximum Gasteiger partial charge on any atom is 0.293 e. The van der Waals surface area contributed by atoms with Crippen LogP contribution in [0.3, 0.4) is 0 Å². The first-order valence-corrected chi connectivity index (χ1v) is 9.58. The van der Waals surface area contributed by atoms with Gasteiger partial charge in [0, 0.05) is 30.8 Å². The number of hydrogen-bond acceptors (Lipinski definition) is 5. The number of nitrogens with zero attached hydrogens (tertiary/aromatic N) is 1. The molecule has 2 fully saturated rings. The highest BCUT2D eigenvalue weighted by atomic mass is 16.6. The summed E-state index contributed by atoms with van der Waals surface area (Å²) in [7, 11) is 0. The second-order valence-corrected chi connectivity index (χ2v) is 7.17. The molecule has 0 aromatic heterocycles. The minimum absolute atomic E-state index is 0.0727. The summed E-state index contributed by atoms with van der Waals surface area (Å²) in [5.74, 6) is -0.231. The molecule has 7 heteroatoms. The Morgan fingerprint density at radius 1 is 1.15 bits per heavy atom. The van der Waals surface area contributed by atoms with Crippen molar-refractivity contribution in [3.8, 4) is 0 Å². The van der Waals surface area contributed by atoms with Crippen LogP contribution in [0.2, 0.25) is 0 Å². The van der Waals surface area contributed by atoms with Crippen LogP contribution in [-0.4, -0.2) is 36.1 Å². The highest BCUT2D eigenvalue weighted by molar-refractivity contribution is 5.95. The average molecular weight is 361 g/mol. The van der Waals surface area contributed by atoms with E-state index in [0.717, 1.165) is 45.1 Å². The molecule has 1 atom stereocenters. The second-order valence-electron chi connectivity index (χ2n) is 7.17. The lowest BCUT2D eigenvalue weighted by Crippen LogP contribution is -2.34. The van der Waals surface area contributed by atoms with Crippen LogP contribution in [0.5, 0.6) is 0 Å². The van der Waals surface area contributed by atoms with Gasteiger partial charge in [0.1, 0.15) is 5.69 Å². The van der Waals surface area contributed by atoms with Gasteiger partial charge in [0.05, 0.1) is 11.0 Å². The number of benzene rings is 1. The van der Waals surface area contributed by atoms with Crippen LogP contribution in [0.1, 0.15) is 61.7 Å².